The van der Waals surface area contributed by atoms with Crippen LogP contribution in [0, 0.1) is 0 Å². The molecule has 0 aromatic heterocycles. The van der Waals surface area contributed by atoms with Crippen LogP contribution >= 0.6 is 0 Å². The lowest BCUT2D eigenvalue weighted by atomic mass is 10.3. The van der Waals surface area contributed by atoms with E-state index >= 15 is 0 Å². The molecule has 15 heavy (non-hydrogen) atoms. The van der Waals surface area contributed by atoms with Crippen molar-refractivity contribution < 1.29 is 32.7 Å². The highest BCUT2D eigenvalue weighted by molar-refractivity contribution is 7.85. The number of hydrogen-bond donors (Lipinski definition) is 4. The molecule has 0 heterocycles. The van der Waals surface area contributed by atoms with Crippen molar-refractivity contribution >= 4 is 16.1 Å². The van der Waals surface area contributed by atoms with Crippen LogP contribution in [0.15, 0.2) is 0 Å². The Labute approximate surface area is 86.4 Å². The summed E-state index contributed by atoms with van der Waals surface area (Å²) in [6.45, 7) is -1.09. The predicted octanol–water partition coefficient (Wildman–Crippen LogP) is -2.90. The van der Waals surface area contributed by atoms with Crippen LogP contribution in [-0.2, 0) is 19.6 Å². The van der Waals surface area contributed by atoms with Gasteiger partial charge in [-0.05, 0) is 0 Å². The van der Waals surface area contributed by atoms with Crippen molar-refractivity contribution in [3.05, 3.63) is 0 Å². The van der Waals surface area contributed by atoms with E-state index in [1.165, 1.54) is 0 Å². The van der Waals surface area contributed by atoms with Gasteiger partial charge in [-0.2, -0.15) is 8.42 Å². The number of carbonyl (C=O) groups excluding carboxylic acids is 1. The molecule has 8 nitrogen and oxygen atoms in total. The number of aliphatic hydroxyl groups is 2. The summed E-state index contributed by atoms with van der Waals surface area (Å²) in [5.41, 5.74) is 5.07. The van der Waals surface area contributed by atoms with Gasteiger partial charge in [0.15, 0.2) is 0 Å². The third kappa shape index (κ3) is 7.22. The van der Waals surface area contributed by atoms with Gasteiger partial charge in [0, 0.05) is 0 Å². The van der Waals surface area contributed by atoms with Crippen molar-refractivity contribution in [3.63, 3.8) is 0 Å². The molecule has 90 valence electrons. The van der Waals surface area contributed by atoms with E-state index in [0.717, 1.165) is 0 Å². The predicted molar refractivity (Wildman–Crippen MR) is 48.4 cm³/mol. The summed E-state index contributed by atoms with van der Waals surface area (Å²) >= 11 is 0. The zero-order chi connectivity index (χ0) is 12.1. The molecule has 0 spiro atoms. The van der Waals surface area contributed by atoms with Crippen LogP contribution in [0.1, 0.15) is 0 Å². The van der Waals surface area contributed by atoms with Crippen LogP contribution in [0.2, 0.25) is 0 Å². The maximum absolute atomic E-state index is 10.9. The number of nitrogens with two attached hydrogens (primary N) is 1. The van der Waals surface area contributed by atoms with E-state index in [9.17, 15) is 13.2 Å². The number of aliphatic hydroxyl groups excluding tert-OH is 2. The van der Waals surface area contributed by atoms with Gasteiger partial charge < -0.3 is 20.7 Å². The molecule has 5 N–H and O–H groups in total. The van der Waals surface area contributed by atoms with Crippen LogP contribution in [0.25, 0.3) is 0 Å². The minimum atomic E-state index is -4.35. The van der Waals surface area contributed by atoms with E-state index in [4.69, 9.17) is 20.5 Å². The Morgan fingerprint density at radius 2 is 2.00 bits per heavy atom. The van der Waals surface area contributed by atoms with Gasteiger partial charge in [-0.15, -0.1) is 0 Å². The highest BCUT2D eigenvalue weighted by atomic mass is 32.2. The summed E-state index contributed by atoms with van der Waals surface area (Å²) in [6.07, 6.45) is -1.24. The maximum Gasteiger partial charge on any atom is 0.324 e. The van der Waals surface area contributed by atoms with Crippen molar-refractivity contribution in [2.24, 2.45) is 5.73 Å². The Kier molecular flexibility index (Phi) is 5.68. The molecule has 0 bridgehead atoms. The molecule has 0 aromatic carbocycles. The molecule has 0 saturated heterocycles. The summed E-state index contributed by atoms with van der Waals surface area (Å²) in [5.74, 6) is -2.04. The molecular weight excluding hydrogens is 230 g/mol. The monoisotopic (exact) mass is 243 g/mol. The first-order chi connectivity index (χ1) is 6.76. The number of carbonyl (C=O) groups is 1. The minimum absolute atomic E-state index is 0.492. The van der Waals surface area contributed by atoms with Gasteiger partial charge in [0.1, 0.15) is 24.5 Å². The molecule has 2 atom stereocenters. The van der Waals surface area contributed by atoms with Gasteiger partial charge in [0.05, 0.1) is 6.61 Å². The SMILES string of the molecule is N[C@H](CS(=O)(=O)O)C(=O)OCC(O)CO. The Hall–Kier alpha value is -0.740. The molecule has 0 rings (SSSR count). The fourth-order valence-electron chi connectivity index (χ4n) is 0.633. The Morgan fingerprint density at radius 3 is 2.40 bits per heavy atom. The molecule has 0 aromatic rings. The lowest BCUT2D eigenvalue weighted by Crippen LogP contribution is -2.39. The van der Waals surface area contributed by atoms with Gasteiger partial charge in [-0.3, -0.25) is 9.35 Å². The molecule has 0 saturated carbocycles. The quantitative estimate of drug-likeness (QED) is 0.287. The van der Waals surface area contributed by atoms with Crippen LogP contribution in [0.4, 0.5) is 0 Å². The maximum atomic E-state index is 10.9. The van der Waals surface area contributed by atoms with Gasteiger partial charge in [-0.1, -0.05) is 0 Å². The summed E-state index contributed by atoms with van der Waals surface area (Å²) in [6, 6.07) is -1.52. The molecular formula is C6H13NO7S. The summed E-state index contributed by atoms with van der Waals surface area (Å²) in [4.78, 5) is 10.9. The fraction of sp³-hybridized carbons (Fsp3) is 0.833. The van der Waals surface area contributed by atoms with E-state index in [-0.39, 0.29) is 0 Å². The minimum Gasteiger partial charge on any atom is -0.462 e. The van der Waals surface area contributed by atoms with Gasteiger partial charge >= 0.3 is 5.97 Å². The molecule has 0 fully saturated rings. The molecule has 9 heteroatoms. The normalized spacial score (nSPS) is 15.7. The van der Waals surface area contributed by atoms with Gasteiger partial charge in [0.2, 0.25) is 0 Å². The van der Waals surface area contributed by atoms with Crippen LogP contribution in [-0.4, -0.2) is 60.3 Å². The molecule has 0 radical (unpaired) electrons. The Balaban J connectivity index is 4.01. The van der Waals surface area contributed by atoms with E-state index in [1.54, 1.807) is 0 Å². The van der Waals surface area contributed by atoms with Gasteiger partial charge in [-0.25, -0.2) is 0 Å². The second-order valence-electron chi connectivity index (χ2n) is 2.82. The number of esters is 1. The van der Waals surface area contributed by atoms with Crippen molar-refractivity contribution in [2.75, 3.05) is 19.0 Å². The largest absolute Gasteiger partial charge is 0.462 e. The number of hydrogen-bond acceptors (Lipinski definition) is 7. The highest BCUT2D eigenvalue weighted by Crippen LogP contribution is 1.93. The fourth-order valence-corrected chi connectivity index (χ4v) is 1.22. The van der Waals surface area contributed by atoms with Crippen molar-refractivity contribution in [2.45, 2.75) is 12.1 Å². The summed E-state index contributed by atoms with van der Waals surface area (Å²) < 4.78 is 33.3. The van der Waals surface area contributed by atoms with E-state index in [1.807, 2.05) is 0 Å². The van der Waals surface area contributed by atoms with Gasteiger partial charge in [0.25, 0.3) is 10.1 Å². The smallest absolute Gasteiger partial charge is 0.324 e. The first kappa shape index (κ1) is 14.3. The first-order valence-electron chi connectivity index (χ1n) is 3.92. The first-order valence-corrected chi connectivity index (χ1v) is 5.53. The van der Waals surface area contributed by atoms with E-state index in [0.29, 0.717) is 0 Å². The van der Waals surface area contributed by atoms with Crippen molar-refractivity contribution in [1.29, 1.82) is 0 Å². The second kappa shape index (κ2) is 5.98. The third-order valence-corrected chi connectivity index (χ3v) is 2.10. The lowest BCUT2D eigenvalue weighted by molar-refractivity contribution is -0.148. The standard InChI is InChI=1S/C6H13NO7S/c7-5(3-15(11,12)13)6(10)14-2-4(9)1-8/h4-5,8-9H,1-3,7H2,(H,11,12,13)/t4?,5-/m1/s1. The zero-order valence-electron chi connectivity index (χ0n) is 7.74. The second-order valence-corrected chi connectivity index (χ2v) is 4.32. The summed E-state index contributed by atoms with van der Waals surface area (Å²) in [5, 5.41) is 17.1. The lowest BCUT2D eigenvalue weighted by Gasteiger charge is -2.11. The third-order valence-electron chi connectivity index (χ3n) is 1.32. The molecule has 0 amide bonds. The van der Waals surface area contributed by atoms with Crippen LogP contribution in [0.5, 0.6) is 0 Å². The van der Waals surface area contributed by atoms with E-state index < -0.39 is 47.2 Å². The topological polar surface area (TPSA) is 147 Å². The zero-order valence-corrected chi connectivity index (χ0v) is 8.55. The van der Waals surface area contributed by atoms with Crippen molar-refractivity contribution in [3.8, 4) is 0 Å². The number of ether oxygens (including phenoxy) is 1. The average Bonchev–Trinajstić information content (AvgIpc) is 2.10. The van der Waals surface area contributed by atoms with E-state index in [2.05, 4.69) is 4.74 Å². The number of rotatable bonds is 6. The van der Waals surface area contributed by atoms with Crippen molar-refractivity contribution in [1.82, 2.24) is 0 Å². The Morgan fingerprint density at radius 1 is 1.47 bits per heavy atom. The van der Waals surface area contributed by atoms with Crippen LogP contribution in [0.3, 0.4) is 0 Å². The average molecular weight is 243 g/mol. The highest BCUT2D eigenvalue weighted by Gasteiger charge is 2.22. The molecule has 0 aliphatic heterocycles. The Bertz CT molecular complexity index is 301. The molecule has 0 aliphatic carbocycles. The summed E-state index contributed by atoms with van der Waals surface area (Å²) in [7, 11) is -4.35. The molecule has 1 unspecified atom stereocenters. The molecule has 0 aliphatic rings. The van der Waals surface area contributed by atoms with Crippen LogP contribution < -0.4 is 5.73 Å².